The minimum atomic E-state index is -1.33. The van der Waals surface area contributed by atoms with Gasteiger partial charge in [0.05, 0.1) is 0 Å². The van der Waals surface area contributed by atoms with E-state index in [0.29, 0.717) is 28.1 Å². The number of carbonyl (C=O) groups is 2. The Balaban J connectivity index is 1.51. The highest BCUT2D eigenvalue weighted by molar-refractivity contribution is 5.90. The number of aliphatic hydroxyl groups excluding tert-OH is 1. The molecule has 2 amide bonds. The maximum Gasteiger partial charge on any atom is 0.250 e. The third-order valence-corrected chi connectivity index (χ3v) is 9.00. The Labute approximate surface area is 269 Å². The first-order valence-corrected chi connectivity index (χ1v) is 15.3. The Kier molecular flexibility index (Phi) is 6.91. The number of hydrogen-bond acceptors (Lipinski definition) is 10. The van der Waals surface area contributed by atoms with Crippen LogP contribution in [0.2, 0.25) is 0 Å². The molecule has 242 valence electrons. The van der Waals surface area contributed by atoms with Gasteiger partial charge >= 0.3 is 0 Å². The van der Waals surface area contributed by atoms with Gasteiger partial charge in [0, 0.05) is 23.2 Å². The van der Waals surface area contributed by atoms with Crippen LogP contribution in [0.1, 0.15) is 74.7 Å². The Morgan fingerprint density at radius 2 is 1.96 bits per heavy atom. The molecule has 0 fully saturated rings. The van der Waals surface area contributed by atoms with Crippen molar-refractivity contribution in [2.75, 3.05) is 5.32 Å². The number of aromatic nitrogens is 2. The lowest BCUT2D eigenvalue weighted by molar-refractivity contribution is -0.136. The van der Waals surface area contributed by atoms with Gasteiger partial charge in [0.25, 0.3) is 0 Å². The quantitative estimate of drug-likeness (QED) is 0.254. The van der Waals surface area contributed by atoms with E-state index in [9.17, 15) is 20.0 Å². The van der Waals surface area contributed by atoms with Gasteiger partial charge in [-0.25, -0.2) is 9.37 Å². The van der Waals surface area contributed by atoms with Crippen LogP contribution in [0, 0.1) is 28.5 Å². The number of oxazole rings is 2. The van der Waals surface area contributed by atoms with E-state index in [1.165, 1.54) is 18.4 Å². The number of nitrogens with one attached hydrogen (secondary N) is 3. The molecule has 0 radical (unpaired) electrons. The van der Waals surface area contributed by atoms with E-state index < -0.39 is 52.9 Å². The van der Waals surface area contributed by atoms with Crippen LogP contribution < -0.4 is 20.7 Å². The third kappa shape index (κ3) is 4.74. The first-order valence-electron chi connectivity index (χ1n) is 15.3. The summed E-state index contributed by atoms with van der Waals surface area (Å²) in [6.07, 6.45) is -0.860. The van der Waals surface area contributed by atoms with Crippen LogP contribution >= 0.6 is 0 Å². The number of nitriles is 1. The summed E-state index contributed by atoms with van der Waals surface area (Å²) in [6, 6.07) is 9.80. The van der Waals surface area contributed by atoms with Gasteiger partial charge in [0.1, 0.15) is 47.5 Å². The largest absolute Gasteiger partial charge is 0.469 e. The van der Waals surface area contributed by atoms with Crippen LogP contribution in [-0.2, 0) is 21.4 Å². The number of aliphatic hydroxyl groups is 1. The van der Waals surface area contributed by atoms with Gasteiger partial charge in [0.2, 0.25) is 23.6 Å². The zero-order valence-electron chi connectivity index (χ0n) is 26.3. The smallest absolute Gasteiger partial charge is 0.250 e. The molecule has 5 heterocycles. The van der Waals surface area contributed by atoms with Crippen molar-refractivity contribution < 1.29 is 32.7 Å². The SMILES string of the molecule is CC(C)[C@H](O)C(=O)N[C@H]1Cc2ccc3c(c2)C2(c4cc(F)ccc4N[C@H]2O3)c2oc(nc2-c2nc(C#N)co2)[C@H](C(C)(C)C)NC1=O. The van der Waals surface area contributed by atoms with Gasteiger partial charge in [-0.1, -0.05) is 46.8 Å². The van der Waals surface area contributed by atoms with Crippen LogP contribution in [-0.4, -0.2) is 45.3 Å². The highest BCUT2D eigenvalue weighted by Crippen LogP contribution is 2.59. The van der Waals surface area contributed by atoms with E-state index in [1.54, 1.807) is 32.0 Å². The standard InChI is InChI=1S/C34H33FN6O6/c1-15(2)25(42)29(44)38-22-11-16-6-9-23-20(10-16)34(19-12-17(35)7-8-21(19)39-32(34)46-23)27-24(30-37-18(13-36)14-45-30)40-31(47-27)26(33(3,4)5)41-28(22)43/h6-10,12,14-15,22,25-26,32,39,42H,11H2,1-5H3,(H,38,44)(H,41,43)/t22-,25-,26+,32-,34?/m0/s1. The molecule has 4 bridgehead atoms. The molecule has 0 saturated carbocycles. The van der Waals surface area contributed by atoms with Crippen LogP contribution in [0.25, 0.3) is 11.6 Å². The monoisotopic (exact) mass is 640 g/mol. The molecule has 2 aromatic heterocycles. The normalized spacial score (nSPS) is 23.3. The molecule has 13 heteroatoms. The second-order valence-electron chi connectivity index (χ2n) is 13.6. The van der Waals surface area contributed by atoms with Crippen LogP contribution in [0.5, 0.6) is 5.75 Å². The molecular weight excluding hydrogens is 607 g/mol. The van der Waals surface area contributed by atoms with Crippen molar-refractivity contribution in [3.8, 4) is 23.4 Å². The first-order chi connectivity index (χ1) is 22.3. The highest BCUT2D eigenvalue weighted by Gasteiger charge is 2.61. The molecule has 1 unspecified atom stereocenters. The second kappa shape index (κ2) is 10.7. The maximum absolute atomic E-state index is 15.1. The molecule has 0 saturated heterocycles. The lowest BCUT2D eigenvalue weighted by Gasteiger charge is -2.32. The van der Waals surface area contributed by atoms with Gasteiger partial charge in [-0.15, -0.1) is 0 Å². The van der Waals surface area contributed by atoms with E-state index in [-0.39, 0.29) is 41.3 Å². The number of carbonyl (C=O) groups excluding carboxylic acids is 2. The molecule has 3 aliphatic heterocycles. The second-order valence-corrected chi connectivity index (χ2v) is 13.6. The van der Waals surface area contributed by atoms with Crippen molar-refractivity contribution in [1.29, 1.82) is 5.26 Å². The van der Waals surface area contributed by atoms with Crippen LogP contribution in [0.3, 0.4) is 0 Å². The van der Waals surface area contributed by atoms with Crippen molar-refractivity contribution >= 4 is 17.5 Å². The van der Waals surface area contributed by atoms with Crippen LogP contribution in [0.4, 0.5) is 10.1 Å². The molecule has 2 aromatic carbocycles. The van der Waals surface area contributed by atoms with E-state index in [4.69, 9.17) is 18.6 Å². The van der Waals surface area contributed by atoms with Crippen molar-refractivity contribution in [2.24, 2.45) is 11.3 Å². The Bertz CT molecular complexity index is 1970. The van der Waals surface area contributed by atoms with Crippen molar-refractivity contribution in [3.63, 3.8) is 0 Å². The van der Waals surface area contributed by atoms with Crippen molar-refractivity contribution in [2.45, 2.75) is 70.9 Å². The topological polar surface area (TPSA) is 176 Å². The van der Waals surface area contributed by atoms with E-state index in [1.807, 2.05) is 32.9 Å². The lowest BCUT2D eigenvalue weighted by atomic mass is 9.72. The van der Waals surface area contributed by atoms with Gasteiger partial charge in [0.15, 0.2) is 23.4 Å². The summed E-state index contributed by atoms with van der Waals surface area (Å²) in [5.41, 5.74) is 0.576. The summed E-state index contributed by atoms with van der Waals surface area (Å²) >= 11 is 0. The fourth-order valence-electron chi connectivity index (χ4n) is 6.57. The summed E-state index contributed by atoms with van der Waals surface area (Å²) in [7, 11) is 0. The summed E-state index contributed by atoms with van der Waals surface area (Å²) in [5.74, 6) is -1.24. The Morgan fingerprint density at radius 1 is 1.17 bits per heavy atom. The minimum absolute atomic E-state index is 0.00389. The number of anilines is 1. The molecular formula is C34H33FN6O6. The number of fused-ring (bicyclic) bond motifs is 4. The molecule has 4 N–H and O–H groups in total. The van der Waals surface area contributed by atoms with E-state index in [0.717, 1.165) is 0 Å². The number of hydrogen-bond donors (Lipinski definition) is 4. The molecule has 47 heavy (non-hydrogen) atoms. The van der Waals surface area contributed by atoms with Gasteiger partial charge in [-0.05, 0) is 41.2 Å². The predicted molar refractivity (Wildman–Crippen MR) is 164 cm³/mol. The van der Waals surface area contributed by atoms with Gasteiger partial charge in [-0.2, -0.15) is 10.2 Å². The third-order valence-electron chi connectivity index (χ3n) is 9.00. The molecule has 5 atom stereocenters. The molecule has 1 spiro atoms. The Hall–Kier alpha value is -5.22. The zero-order valence-corrected chi connectivity index (χ0v) is 26.3. The van der Waals surface area contributed by atoms with Gasteiger partial charge in [-0.3, -0.25) is 9.59 Å². The summed E-state index contributed by atoms with van der Waals surface area (Å²) in [4.78, 5) is 36.3. The maximum atomic E-state index is 15.1. The number of amides is 2. The highest BCUT2D eigenvalue weighted by atomic mass is 19.1. The number of benzene rings is 2. The first kappa shape index (κ1) is 30.4. The fourth-order valence-corrected chi connectivity index (χ4v) is 6.57. The molecule has 0 aliphatic carbocycles. The number of halogens is 1. The lowest BCUT2D eigenvalue weighted by Crippen LogP contribution is -2.53. The fraction of sp³-hybridized carbons (Fsp3) is 0.382. The molecule has 12 nitrogen and oxygen atoms in total. The molecule has 3 aliphatic rings. The average Bonchev–Trinajstić information content (AvgIpc) is 3.79. The van der Waals surface area contributed by atoms with Gasteiger partial charge < -0.3 is 34.6 Å². The van der Waals surface area contributed by atoms with Crippen LogP contribution in [0.15, 0.2) is 51.5 Å². The number of ether oxygens (including phenoxy) is 1. The Morgan fingerprint density at radius 3 is 2.66 bits per heavy atom. The molecule has 4 aromatic rings. The van der Waals surface area contributed by atoms with E-state index in [2.05, 4.69) is 20.9 Å². The minimum Gasteiger partial charge on any atom is -0.469 e. The van der Waals surface area contributed by atoms with Crippen molar-refractivity contribution in [1.82, 2.24) is 20.6 Å². The zero-order chi connectivity index (χ0) is 33.4. The number of nitrogens with zero attached hydrogens (tertiary/aromatic N) is 3. The summed E-state index contributed by atoms with van der Waals surface area (Å²) in [6.45, 7) is 9.09. The van der Waals surface area contributed by atoms with Crippen molar-refractivity contribution in [3.05, 3.63) is 82.5 Å². The average molecular weight is 641 g/mol. The van der Waals surface area contributed by atoms with E-state index >= 15 is 4.39 Å². The summed E-state index contributed by atoms with van der Waals surface area (Å²) in [5, 5.41) is 29.2. The summed E-state index contributed by atoms with van der Waals surface area (Å²) < 4.78 is 34.0. The predicted octanol–water partition coefficient (Wildman–Crippen LogP) is 4.08. The molecule has 7 rings (SSSR count). The number of rotatable bonds is 4.